The van der Waals surface area contributed by atoms with Gasteiger partial charge in [-0.15, -0.1) is 0 Å². The van der Waals surface area contributed by atoms with Gasteiger partial charge in [0, 0.05) is 5.69 Å². The first-order valence-electron chi connectivity index (χ1n) is 5.94. The van der Waals surface area contributed by atoms with Gasteiger partial charge in [-0.25, -0.2) is 4.39 Å². The molecule has 0 heterocycles. The fourth-order valence-electron chi connectivity index (χ4n) is 2.05. The van der Waals surface area contributed by atoms with Crippen molar-refractivity contribution < 1.29 is 17.6 Å². The van der Waals surface area contributed by atoms with E-state index in [0.29, 0.717) is 0 Å². The summed E-state index contributed by atoms with van der Waals surface area (Å²) in [6, 6.07) is 9.88. The second-order valence-electron chi connectivity index (χ2n) is 4.46. The topological polar surface area (TPSA) is 49.8 Å². The lowest BCUT2D eigenvalue weighted by atomic mass is 9.88. The van der Waals surface area contributed by atoms with E-state index in [2.05, 4.69) is 0 Å². The lowest BCUT2D eigenvalue weighted by Gasteiger charge is -2.17. The van der Waals surface area contributed by atoms with Crippen LogP contribution >= 0.6 is 0 Å². The Morgan fingerprint density at radius 1 is 1.05 bits per heavy atom. The predicted molar refractivity (Wildman–Crippen MR) is 69.7 cm³/mol. The highest BCUT2D eigenvalue weighted by molar-refractivity contribution is 5.51. The van der Waals surface area contributed by atoms with E-state index >= 15 is 0 Å². The third-order valence-electron chi connectivity index (χ3n) is 3.03. The van der Waals surface area contributed by atoms with Crippen molar-refractivity contribution in [2.24, 2.45) is 0 Å². The Bertz CT molecular complexity index is 684. The van der Waals surface area contributed by atoms with Gasteiger partial charge in [-0.05, 0) is 35.4 Å². The molecule has 0 aliphatic heterocycles. The molecule has 0 bridgehead atoms. The zero-order valence-electron chi connectivity index (χ0n) is 10.7. The van der Waals surface area contributed by atoms with E-state index in [4.69, 9.17) is 5.73 Å². The zero-order chi connectivity index (χ0) is 15.6. The third-order valence-corrected chi connectivity index (χ3v) is 3.03. The molecule has 0 aliphatic carbocycles. The van der Waals surface area contributed by atoms with Gasteiger partial charge in [0.2, 0.25) is 0 Å². The molecular weight excluding hydrogens is 284 g/mol. The summed E-state index contributed by atoms with van der Waals surface area (Å²) in [6.45, 7) is 0. The second-order valence-corrected chi connectivity index (χ2v) is 4.46. The predicted octanol–water partition coefficient (Wildman–Crippen LogP) is 4.08. The Labute approximate surface area is 118 Å². The first-order chi connectivity index (χ1) is 9.82. The highest BCUT2D eigenvalue weighted by Crippen LogP contribution is 2.38. The Morgan fingerprint density at radius 3 is 2.19 bits per heavy atom. The molecule has 0 saturated carbocycles. The van der Waals surface area contributed by atoms with Crippen LogP contribution in [0.1, 0.15) is 22.6 Å². The van der Waals surface area contributed by atoms with Crippen molar-refractivity contribution in [1.82, 2.24) is 0 Å². The molecule has 0 fully saturated rings. The minimum Gasteiger partial charge on any atom is -0.399 e. The molecule has 108 valence electrons. The highest BCUT2D eigenvalue weighted by atomic mass is 19.4. The van der Waals surface area contributed by atoms with Crippen molar-refractivity contribution >= 4 is 5.69 Å². The van der Waals surface area contributed by atoms with Crippen LogP contribution in [0.3, 0.4) is 0 Å². The molecule has 21 heavy (non-hydrogen) atoms. The van der Waals surface area contributed by atoms with Gasteiger partial charge < -0.3 is 5.73 Å². The molecule has 1 atom stereocenters. The summed E-state index contributed by atoms with van der Waals surface area (Å²) in [5.74, 6) is -1.67. The van der Waals surface area contributed by atoms with Gasteiger partial charge in [0.25, 0.3) is 0 Å². The maximum atomic E-state index is 13.1. The maximum absolute atomic E-state index is 13.1. The normalized spacial score (nSPS) is 12.7. The summed E-state index contributed by atoms with van der Waals surface area (Å²) in [5.41, 5.74) is 4.48. The van der Waals surface area contributed by atoms with E-state index in [9.17, 15) is 22.8 Å². The largest absolute Gasteiger partial charge is 0.416 e. The van der Waals surface area contributed by atoms with Gasteiger partial charge in [-0.2, -0.15) is 18.4 Å². The Balaban J connectivity index is 2.58. The SMILES string of the molecule is N#CC(c1ccc(F)cc1)c1ccc(N)cc1C(F)(F)F. The number of rotatable bonds is 2. The van der Waals surface area contributed by atoms with Crippen LogP contribution < -0.4 is 5.73 Å². The molecule has 6 heteroatoms. The lowest BCUT2D eigenvalue weighted by molar-refractivity contribution is -0.138. The van der Waals surface area contributed by atoms with Crippen LogP contribution in [0.15, 0.2) is 42.5 Å². The molecular formula is C15H10F4N2. The summed E-state index contributed by atoms with van der Waals surface area (Å²) in [6.07, 6.45) is -4.63. The average Bonchev–Trinajstić information content (AvgIpc) is 2.42. The number of benzene rings is 2. The molecule has 2 N–H and O–H groups in total. The van der Waals surface area contributed by atoms with E-state index in [-0.39, 0.29) is 16.8 Å². The van der Waals surface area contributed by atoms with E-state index in [1.165, 1.54) is 24.3 Å². The van der Waals surface area contributed by atoms with E-state index < -0.39 is 23.5 Å². The van der Waals surface area contributed by atoms with Crippen LogP contribution in [0.5, 0.6) is 0 Å². The van der Waals surface area contributed by atoms with Crippen LogP contribution in [0.2, 0.25) is 0 Å². The fourth-order valence-corrected chi connectivity index (χ4v) is 2.05. The number of halogens is 4. The van der Waals surface area contributed by atoms with Gasteiger partial charge in [0.05, 0.1) is 17.6 Å². The summed E-state index contributed by atoms with van der Waals surface area (Å²) < 4.78 is 52.1. The Morgan fingerprint density at radius 2 is 1.67 bits per heavy atom. The molecule has 2 aromatic carbocycles. The van der Waals surface area contributed by atoms with Crippen LogP contribution in [-0.2, 0) is 6.18 Å². The Kier molecular flexibility index (Phi) is 3.85. The number of nitrogens with zero attached hydrogens (tertiary/aromatic N) is 1. The monoisotopic (exact) mass is 294 g/mol. The molecule has 0 saturated heterocycles. The molecule has 2 aromatic rings. The average molecular weight is 294 g/mol. The van der Waals surface area contributed by atoms with Crippen molar-refractivity contribution in [1.29, 1.82) is 5.26 Å². The quantitative estimate of drug-likeness (QED) is 0.670. The number of anilines is 1. The van der Waals surface area contributed by atoms with E-state index in [1.807, 2.05) is 6.07 Å². The fraction of sp³-hybridized carbons (Fsp3) is 0.133. The van der Waals surface area contributed by atoms with Crippen LogP contribution in [0, 0.1) is 17.1 Å². The standard InChI is InChI=1S/C15H10F4N2/c16-10-3-1-9(2-4-10)13(8-20)12-6-5-11(21)7-14(12)15(17,18)19/h1-7,13H,21H2. The zero-order valence-corrected chi connectivity index (χ0v) is 10.7. The summed E-state index contributed by atoms with van der Waals surface area (Å²) >= 11 is 0. The van der Waals surface area contributed by atoms with E-state index in [0.717, 1.165) is 18.2 Å². The van der Waals surface area contributed by atoms with Gasteiger partial charge in [0.15, 0.2) is 0 Å². The molecule has 2 rings (SSSR count). The number of nitrogen functional groups attached to an aromatic ring is 1. The molecule has 2 nitrogen and oxygen atoms in total. The number of hydrogen-bond donors (Lipinski definition) is 1. The van der Waals surface area contributed by atoms with Gasteiger partial charge >= 0.3 is 6.18 Å². The maximum Gasteiger partial charge on any atom is 0.416 e. The van der Waals surface area contributed by atoms with Crippen molar-refractivity contribution in [3.63, 3.8) is 0 Å². The molecule has 0 aromatic heterocycles. The first kappa shape index (κ1) is 14.9. The van der Waals surface area contributed by atoms with Gasteiger partial charge in [0.1, 0.15) is 5.82 Å². The van der Waals surface area contributed by atoms with Crippen LogP contribution in [-0.4, -0.2) is 0 Å². The summed E-state index contributed by atoms with van der Waals surface area (Å²) in [5, 5.41) is 9.22. The Hall–Kier alpha value is -2.55. The summed E-state index contributed by atoms with van der Waals surface area (Å²) in [4.78, 5) is 0. The number of hydrogen-bond acceptors (Lipinski definition) is 2. The van der Waals surface area contributed by atoms with Crippen molar-refractivity contribution in [3.8, 4) is 6.07 Å². The number of nitrogens with two attached hydrogens (primary N) is 1. The van der Waals surface area contributed by atoms with Crippen molar-refractivity contribution in [3.05, 3.63) is 65.0 Å². The van der Waals surface area contributed by atoms with Crippen molar-refractivity contribution in [2.45, 2.75) is 12.1 Å². The molecule has 0 amide bonds. The lowest BCUT2D eigenvalue weighted by Crippen LogP contribution is -2.13. The van der Waals surface area contributed by atoms with Gasteiger partial charge in [-0.3, -0.25) is 0 Å². The summed E-state index contributed by atoms with van der Waals surface area (Å²) in [7, 11) is 0. The van der Waals surface area contributed by atoms with Crippen LogP contribution in [0.25, 0.3) is 0 Å². The smallest absolute Gasteiger partial charge is 0.399 e. The molecule has 0 spiro atoms. The first-order valence-corrected chi connectivity index (χ1v) is 5.94. The van der Waals surface area contributed by atoms with E-state index in [1.54, 1.807) is 0 Å². The number of nitriles is 1. The number of alkyl halides is 3. The molecule has 0 radical (unpaired) electrons. The minimum atomic E-state index is -4.63. The second kappa shape index (κ2) is 5.44. The van der Waals surface area contributed by atoms with Crippen LogP contribution in [0.4, 0.5) is 23.2 Å². The van der Waals surface area contributed by atoms with Crippen molar-refractivity contribution in [2.75, 3.05) is 5.73 Å². The highest BCUT2D eigenvalue weighted by Gasteiger charge is 2.35. The molecule has 0 aliphatic rings. The molecule has 1 unspecified atom stereocenters. The van der Waals surface area contributed by atoms with Gasteiger partial charge in [-0.1, -0.05) is 18.2 Å². The third kappa shape index (κ3) is 3.14. The minimum absolute atomic E-state index is 0.0399.